The van der Waals surface area contributed by atoms with Crippen molar-refractivity contribution in [2.45, 2.75) is 116 Å². The molecule has 2 aromatic carbocycles. The van der Waals surface area contributed by atoms with E-state index in [1.807, 2.05) is 38.1 Å². The summed E-state index contributed by atoms with van der Waals surface area (Å²) in [5.74, 6) is -0.319. The van der Waals surface area contributed by atoms with Crippen LogP contribution in [0.1, 0.15) is 118 Å². The molecule has 0 N–H and O–H groups in total. The van der Waals surface area contributed by atoms with E-state index in [1.165, 1.54) is 44.1 Å². The molecule has 0 bridgehead atoms. The van der Waals surface area contributed by atoms with Crippen LogP contribution >= 0.6 is 0 Å². The van der Waals surface area contributed by atoms with Gasteiger partial charge in [-0.3, -0.25) is 4.79 Å². The molecule has 252 valence electrons. The molecule has 1 aliphatic carbocycles. The smallest absolute Gasteiger partial charge is 0.338 e. The summed E-state index contributed by atoms with van der Waals surface area (Å²) < 4.78 is 28.7. The van der Waals surface area contributed by atoms with Crippen LogP contribution in [0, 0.1) is 11.8 Å². The average molecular weight is 637 g/mol. The molecule has 0 aromatic heterocycles. The van der Waals surface area contributed by atoms with E-state index in [0.717, 1.165) is 32.1 Å². The summed E-state index contributed by atoms with van der Waals surface area (Å²) in [6.07, 6.45) is 11.3. The number of aryl methyl sites for hydroxylation is 1. The van der Waals surface area contributed by atoms with Gasteiger partial charge in [0.2, 0.25) is 0 Å². The molecule has 46 heavy (non-hydrogen) atoms. The molecular formula is C38H52O8. The second-order valence-electron chi connectivity index (χ2n) is 12.7. The number of fused-ring (bicyclic) bond motifs is 1. The van der Waals surface area contributed by atoms with Crippen molar-refractivity contribution in [3.05, 3.63) is 65.2 Å². The number of rotatable bonds is 19. The molecule has 1 saturated carbocycles. The first-order chi connectivity index (χ1) is 22.4. The van der Waals surface area contributed by atoms with Crippen LogP contribution in [-0.2, 0) is 30.2 Å². The summed E-state index contributed by atoms with van der Waals surface area (Å²) >= 11 is 0. The number of carbonyl (C=O) groups excluding carboxylic acids is 3. The number of unbranched alkanes of at least 4 members (excludes halogenated alkanes) is 6. The Hall–Kier alpha value is -3.39. The van der Waals surface area contributed by atoms with Crippen LogP contribution in [0.15, 0.2) is 48.5 Å². The zero-order valence-electron chi connectivity index (χ0n) is 27.9. The Balaban J connectivity index is 1.14. The molecule has 1 heterocycles. The Morgan fingerprint density at radius 1 is 0.761 bits per heavy atom. The Morgan fingerprint density at radius 3 is 2.09 bits per heavy atom. The molecule has 8 heteroatoms. The fourth-order valence-electron chi connectivity index (χ4n) is 6.06. The van der Waals surface area contributed by atoms with Gasteiger partial charge in [-0.2, -0.15) is 0 Å². The highest BCUT2D eigenvalue weighted by atomic mass is 16.6. The largest absolute Gasteiger partial charge is 0.494 e. The lowest BCUT2D eigenvalue weighted by Gasteiger charge is -2.19. The maximum absolute atomic E-state index is 12.9. The number of benzene rings is 2. The monoisotopic (exact) mass is 636 g/mol. The third-order valence-electron chi connectivity index (χ3n) is 9.19. The normalized spacial score (nSPS) is 20.9. The van der Waals surface area contributed by atoms with Gasteiger partial charge >= 0.3 is 17.9 Å². The molecule has 1 unspecified atom stereocenters. The maximum Gasteiger partial charge on any atom is 0.338 e. The van der Waals surface area contributed by atoms with E-state index >= 15 is 0 Å². The SMILES string of the molecule is CCCCCCCCc1ccc(C(=O)O[C@@H]2CO[C@H]3[C@@H]2CC[C@@H]3OC(=O)c2ccc(OCCCCOC(=O)C(C)CC)cc2)cc1. The molecule has 4 rings (SSSR count). The minimum atomic E-state index is -0.412. The van der Waals surface area contributed by atoms with Crippen molar-refractivity contribution in [1.82, 2.24) is 0 Å². The summed E-state index contributed by atoms with van der Waals surface area (Å²) in [4.78, 5) is 37.5. The van der Waals surface area contributed by atoms with E-state index in [2.05, 4.69) is 6.92 Å². The molecule has 2 aromatic rings. The molecule has 2 aliphatic rings. The van der Waals surface area contributed by atoms with Crippen molar-refractivity contribution in [3.63, 3.8) is 0 Å². The first kappa shape index (κ1) is 35.5. The van der Waals surface area contributed by atoms with Crippen molar-refractivity contribution in [3.8, 4) is 5.75 Å². The van der Waals surface area contributed by atoms with Gasteiger partial charge in [0.25, 0.3) is 0 Å². The van der Waals surface area contributed by atoms with E-state index in [4.69, 9.17) is 23.7 Å². The van der Waals surface area contributed by atoms with Crippen molar-refractivity contribution in [2.75, 3.05) is 19.8 Å². The summed E-state index contributed by atoms with van der Waals surface area (Å²) in [6, 6.07) is 14.6. The van der Waals surface area contributed by atoms with E-state index in [0.29, 0.717) is 43.1 Å². The Kier molecular flexibility index (Phi) is 14.4. The van der Waals surface area contributed by atoms with Crippen molar-refractivity contribution >= 4 is 17.9 Å². The summed E-state index contributed by atoms with van der Waals surface area (Å²) in [7, 11) is 0. The van der Waals surface area contributed by atoms with Crippen LogP contribution in [0.4, 0.5) is 0 Å². The number of carbonyl (C=O) groups is 3. The Labute approximate surface area is 274 Å². The van der Waals surface area contributed by atoms with Crippen LogP contribution in [-0.4, -0.2) is 56.0 Å². The van der Waals surface area contributed by atoms with Crippen LogP contribution in [0.25, 0.3) is 0 Å². The van der Waals surface area contributed by atoms with Crippen LogP contribution in [0.5, 0.6) is 5.75 Å². The van der Waals surface area contributed by atoms with Crippen molar-refractivity contribution < 1.29 is 38.1 Å². The maximum atomic E-state index is 12.9. The molecule has 8 nitrogen and oxygen atoms in total. The highest BCUT2D eigenvalue weighted by molar-refractivity contribution is 5.90. The lowest BCUT2D eigenvalue weighted by atomic mass is 10.0. The molecule has 1 saturated heterocycles. The quantitative estimate of drug-likeness (QED) is 0.0872. The summed E-state index contributed by atoms with van der Waals surface area (Å²) in [5.41, 5.74) is 2.23. The zero-order valence-corrected chi connectivity index (χ0v) is 27.9. The highest BCUT2D eigenvalue weighted by Gasteiger charge is 2.49. The first-order valence-corrected chi connectivity index (χ1v) is 17.4. The van der Waals surface area contributed by atoms with Gasteiger partial charge in [0.05, 0.1) is 36.9 Å². The predicted octanol–water partition coefficient (Wildman–Crippen LogP) is 7.90. The predicted molar refractivity (Wildman–Crippen MR) is 176 cm³/mol. The van der Waals surface area contributed by atoms with E-state index in [-0.39, 0.29) is 42.1 Å². The van der Waals surface area contributed by atoms with Gasteiger partial charge in [0.1, 0.15) is 24.1 Å². The van der Waals surface area contributed by atoms with E-state index in [9.17, 15) is 14.4 Å². The molecule has 1 aliphatic heterocycles. The average Bonchev–Trinajstić information content (AvgIpc) is 3.67. The molecule has 0 radical (unpaired) electrons. The number of ether oxygens (including phenoxy) is 5. The van der Waals surface area contributed by atoms with Crippen LogP contribution in [0.3, 0.4) is 0 Å². The Bertz CT molecular complexity index is 1220. The van der Waals surface area contributed by atoms with Gasteiger partial charge in [0, 0.05) is 5.92 Å². The van der Waals surface area contributed by atoms with Gasteiger partial charge in [-0.1, -0.05) is 65.0 Å². The second kappa shape index (κ2) is 18.7. The topological polar surface area (TPSA) is 97.4 Å². The molecule has 0 amide bonds. The third kappa shape index (κ3) is 10.6. The molecule has 2 fully saturated rings. The van der Waals surface area contributed by atoms with Gasteiger partial charge in [0.15, 0.2) is 0 Å². The summed E-state index contributed by atoms with van der Waals surface area (Å²) in [5, 5.41) is 0. The fourth-order valence-corrected chi connectivity index (χ4v) is 6.06. The Morgan fingerprint density at radius 2 is 1.39 bits per heavy atom. The van der Waals surface area contributed by atoms with Crippen molar-refractivity contribution in [1.29, 1.82) is 0 Å². The summed E-state index contributed by atoms with van der Waals surface area (Å²) in [6.45, 7) is 7.24. The second-order valence-corrected chi connectivity index (χ2v) is 12.7. The van der Waals surface area contributed by atoms with E-state index < -0.39 is 5.97 Å². The molecular weight excluding hydrogens is 584 g/mol. The van der Waals surface area contributed by atoms with Gasteiger partial charge in [-0.05, 0) is 86.9 Å². The van der Waals surface area contributed by atoms with Crippen LogP contribution in [0.2, 0.25) is 0 Å². The number of hydrogen-bond acceptors (Lipinski definition) is 8. The van der Waals surface area contributed by atoms with Gasteiger partial charge in [-0.25, -0.2) is 9.59 Å². The van der Waals surface area contributed by atoms with Crippen molar-refractivity contribution in [2.24, 2.45) is 11.8 Å². The van der Waals surface area contributed by atoms with Gasteiger partial charge in [-0.15, -0.1) is 0 Å². The molecule has 5 atom stereocenters. The third-order valence-corrected chi connectivity index (χ3v) is 9.19. The number of esters is 3. The number of hydrogen-bond donors (Lipinski definition) is 0. The minimum absolute atomic E-state index is 0.00285. The van der Waals surface area contributed by atoms with Crippen LogP contribution < -0.4 is 4.74 Å². The zero-order chi connectivity index (χ0) is 32.7. The lowest BCUT2D eigenvalue weighted by Crippen LogP contribution is -2.31. The first-order valence-electron chi connectivity index (χ1n) is 17.4. The molecule has 0 spiro atoms. The lowest BCUT2D eigenvalue weighted by molar-refractivity contribution is -0.148. The highest BCUT2D eigenvalue weighted by Crippen LogP contribution is 2.40. The van der Waals surface area contributed by atoms with E-state index in [1.54, 1.807) is 24.3 Å². The fraction of sp³-hybridized carbons (Fsp3) is 0.605. The van der Waals surface area contributed by atoms with Gasteiger partial charge < -0.3 is 23.7 Å². The minimum Gasteiger partial charge on any atom is -0.494 e. The standard InChI is InChI=1S/C38H52O8/c1-4-6-7-8-9-10-13-28-14-16-29(17-15-28)38(41)46-34-26-44-35-32(34)22-23-33(35)45-37(40)30-18-20-31(21-19-30)42-24-11-12-25-43-36(39)27(3)5-2/h14-21,27,32-35H,4-13,22-26H2,1-3H3/t27?,32-,33+,34-,35+/m1/s1.